The van der Waals surface area contributed by atoms with Crippen molar-refractivity contribution in [3.05, 3.63) is 211 Å². The minimum Gasteiger partial charge on any atom is -0.173 e. The van der Waals surface area contributed by atoms with Crippen molar-refractivity contribution in [1.82, 2.24) is 8.75 Å². The quantitative estimate of drug-likeness (QED) is 0.0355. The fourth-order valence-electron chi connectivity index (χ4n) is 17.5. The molecule has 0 bridgehead atoms. The normalized spacial score (nSPS) is 13.4. The first-order valence-electron chi connectivity index (χ1n) is 41.7. The second kappa shape index (κ2) is 40.1. The molecule has 0 aliphatic heterocycles. The largest absolute Gasteiger partial charge is 0.173 e. The van der Waals surface area contributed by atoms with Crippen molar-refractivity contribution in [2.24, 2.45) is 0 Å². The monoisotopic (exact) mass is 1400 g/mol. The van der Waals surface area contributed by atoms with Crippen LogP contribution in [0.1, 0.15) is 336 Å². The molecule has 0 spiro atoms. The van der Waals surface area contributed by atoms with Gasteiger partial charge in [-0.3, -0.25) is 0 Å². The maximum absolute atomic E-state index is 5.06. The van der Waals surface area contributed by atoms with E-state index in [1.165, 1.54) is 335 Å². The van der Waals surface area contributed by atoms with Gasteiger partial charge >= 0.3 is 0 Å². The lowest BCUT2D eigenvalue weighted by molar-refractivity contribution is 0.442. The topological polar surface area (TPSA) is 25.8 Å². The van der Waals surface area contributed by atoms with Crippen LogP contribution in [0.15, 0.2) is 133 Å². The summed E-state index contributed by atoms with van der Waals surface area (Å²) in [7, 11) is 0. The molecule has 101 heavy (non-hydrogen) atoms. The van der Waals surface area contributed by atoms with Crippen LogP contribution in [0.25, 0.3) is 42.4 Å². The smallest absolute Gasteiger partial charge is 0.113 e. The van der Waals surface area contributed by atoms with Crippen LogP contribution in [-0.2, 0) is 62.2 Å². The summed E-state index contributed by atoms with van der Waals surface area (Å²) in [5, 5.41) is 0. The Morgan fingerprint density at radius 1 is 0.267 bits per heavy atom. The van der Waals surface area contributed by atoms with E-state index in [1.54, 1.807) is 16.7 Å². The molecule has 5 heteroatoms. The second-order valence-electron chi connectivity index (χ2n) is 31.6. The van der Waals surface area contributed by atoms with Crippen LogP contribution in [0.3, 0.4) is 0 Å². The molecule has 2 nitrogen and oxygen atoms in total. The van der Waals surface area contributed by atoms with Gasteiger partial charge in [-0.15, -0.1) is 22.7 Å². The van der Waals surface area contributed by atoms with Gasteiger partial charge in [-0.05, 0) is 224 Å². The molecular formula is C96H128N2S3. The van der Waals surface area contributed by atoms with E-state index in [9.17, 15) is 0 Å². The van der Waals surface area contributed by atoms with Gasteiger partial charge in [0, 0.05) is 35.9 Å². The highest BCUT2D eigenvalue weighted by molar-refractivity contribution is 7.19. The summed E-state index contributed by atoms with van der Waals surface area (Å²) in [4.78, 5) is 5.78. The number of hydrogen-bond acceptors (Lipinski definition) is 5. The minimum atomic E-state index is -0.214. The van der Waals surface area contributed by atoms with Crippen LogP contribution in [0.4, 0.5) is 0 Å². The zero-order valence-corrected chi connectivity index (χ0v) is 66.4. The number of fused-ring (bicyclic) bond motifs is 7. The first-order valence-corrected chi connectivity index (χ1v) is 44.1. The van der Waals surface area contributed by atoms with E-state index < -0.39 is 0 Å². The molecule has 2 aliphatic carbocycles. The molecule has 6 aromatic carbocycles. The van der Waals surface area contributed by atoms with Gasteiger partial charge in [-0.2, -0.15) is 8.75 Å². The van der Waals surface area contributed by atoms with Crippen molar-refractivity contribution in [3.63, 3.8) is 0 Å². The van der Waals surface area contributed by atoms with Gasteiger partial charge in [-0.25, -0.2) is 0 Å². The number of benzene rings is 6. The lowest BCUT2D eigenvalue weighted by atomic mass is 9.68. The van der Waals surface area contributed by atoms with Gasteiger partial charge in [0.25, 0.3) is 0 Å². The molecule has 2 aliphatic rings. The van der Waals surface area contributed by atoms with E-state index in [0.717, 1.165) is 62.4 Å². The predicted octanol–water partition coefficient (Wildman–Crippen LogP) is 29.9. The third-order valence-corrected chi connectivity index (χ3v) is 26.7. The molecule has 0 atom stereocenters. The Balaban J connectivity index is 0.945. The van der Waals surface area contributed by atoms with E-state index in [4.69, 9.17) is 8.75 Å². The number of rotatable bonds is 49. The van der Waals surface area contributed by atoms with Crippen molar-refractivity contribution >= 4 is 45.4 Å². The lowest BCUT2D eigenvalue weighted by Crippen LogP contribution is -2.28. The summed E-state index contributed by atoms with van der Waals surface area (Å²) in [6.07, 6.45) is 56.8. The number of nitrogens with zero attached hydrogens (tertiary/aromatic N) is 2. The molecule has 0 saturated carbocycles. The van der Waals surface area contributed by atoms with E-state index in [2.05, 4.69) is 186 Å². The summed E-state index contributed by atoms with van der Waals surface area (Å²) in [6, 6.07) is 55.4. The Bertz CT molecular complexity index is 3740. The Hall–Kier alpha value is -5.46. The van der Waals surface area contributed by atoms with E-state index in [-0.39, 0.29) is 10.8 Å². The highest BCUT2D eigenvalue weighted by atomic mass is 32.1. The SMILES string of the molecule is CCCCCCCCCCc1ccc(CCC2(CCc3ccc(CCCCCCCCCC)cc3)c3cc4c(cc3-c3sc(C)cc32)C(CCc2ccc(CCCCCCCCCC)cc2)(CCc2ccc(CCCCCCCCCC)cc2)c2cc(-c3ccc(C)c5nsnc35)sc2-4)cc1. The van der Waals surface area contributed by atoms with Gasteiger partial charge in [0.1, 0.15) is 11.0 Å². The van der Waals surface area contributed by atoms with Crippen LogP contribution in [-0.4, -0.2) is 8.75 Å². The Labute approximate surface area is 626 Å². The van der Waals surface area contributed by atoms with E-state index in [1.807, 2.05) is 11.3 Å². The molecule has 0 N–H and O–H groups in total. The molecule has 9 aromatic rings. The molecule has 0 fully saturated rings. The molecule has 540 valence electrons. The third-order valence-electron chi connectivity index (χ3n) is 23.9. The maximum atomic E-state index is 5.06. The summed E-state index contributed by atoms with van der Waals surface area (Å²) in [5.74, 6) is 0. The van der Waals surface area contributed by atoms with Gasteiger partial charge < -0.3 is 0 Å². The highest BCUT2D eigenvalue weighted by Crippen LogP contribution is 2.64. The molecule has 0 amide bonds. The molecule has 0 saturated heterocycles. The predicted molar refractivity (Wildman–Crippen MR) is 445 cm³/mol. The molecule has 3 heterocycles. The van der Waals surface area contributed by atoms with Gasteiger partial charge in [-0.1, -0.05) is 317 Å². The summed E-state index contributed by atoms with van der Waals surface area (Å²) >= 11 is 5.48. The van der Waals surface area contributed by atoms with E-state index in [0.29, 0.717) is 0 Å². The first-order chi connectivity index (χ1) is 49.7. The molecular weight excluding hydrogens is 1280 g/mol. The van der Waals surface area contributed by atoms with Gasteiger partial charge in [0.15, 0.2) is 0 Å². The van der Waals surface area contributed by atoms with E-state index >= 15 is 0 Å². The molecule has 0 unspecified atom stereocenters. The maximum Gasteiger partial charge on any atom is 0.113 e. The zero-order chi connectivity index (χ0) is 69.9. The number of unbranched alkanes of at least 4 members (excludes halogenated alkanes) is 28. The fourth-order valence-corrected chi connectivity index (χ4v) is 20.6. The standard InChI is InChI=1S/C96H128N2S3/c1-7-11-15-19-23-27-31-35-39-75-44-52-79(53-45-75)61-65-95(66-62-80-54-46-76(47-55-80)40-36-32-28-24-20-16-12-8-2)86-71-85-87(70-84(86)93-88(95)69-74(6)99-93)96(67-63-81-56-48-77(49-57-81)41-37-33-29-25-21-17-13-9-3,68-64-82-58-50-78(51-59-82)42-38-34-30-26-22-18-14-10-4)89-72-90(100-94(85)89)83-60-43-73(5)91-92(83)98-101-97-91/h43-60,69-72H,7-42,61-68H2,1-6H3. The second-order valence-corrected chi connectivity index (χ2v) is 34.5. The van der Waals surface area contributed by atoms with Crippen molar-refractivity contribution in [2.75, 3.05) is 0 Å². The van der Waals surface area contributed by atoms with Crippen molar-refractivity contribution in [3.8, 4) is 31.3 Å². The molecule has 11 rings (SSSR count). The van der Waals surface area contributed by atoms with Crippen LogP contribution in [0.5, 0.6) is 0 Å². The average Bonchev–Trinajstić information content (AvgIpc) is 1.52. The van der Waals surface area contributed by atoms with Crippen LogP contribution in [0, 0.1) is 13.8 Å². The number of aryl methyl sites for hydroxylation is 10. The van der Waals surface area contributed by atoms with Crippen molar-refractivity contribution < 1.29 is 0 Å². The Morgan fingerprint density at radius 2 is 0.554 bits per heavy atom. The van der Waals surface area contributed by atoms with Crippen molar-refractivity contribution in [1.29, 1.82) is 0 Å². The number of hydrogen-bond donors (Lipinski definition) is 0. The Kier molecular flexibility index (Phi) is 30.5. The van der Waals surface area contributed by atoms with Crippen molar-refractivity contribution in [2.45, 2.75) is 335 Å². The average molecular weight is 1410 g/mol. The summed E-state index contributed by atoms with van der Waals surface area (Å²) < 4.78 is 9.96. The van der Waals surface area contributed by atoms with Crippen LogP contribution in [0.2, 0.25) is 0 Å². The fraction of sp³-hybridized carbons (Fsp3) is 0.542. The molecule has 3 aromatic heterocycles. The third kappa shape index (κ3) is 20.7. The molecule has 0 radical (unpaired) electrons. The number of aromatic nitrogens is 2. The lowest BCUT2D eigenvalue weighted by Gasteiger charge is -2.35. The zero-order valence-electron chi connectivity index (χ0n) is 63.9. The minimum absolute atomic E-state index is 0.149. The van der Waals surface area contributed by atoms with Gasteiger partial charge in [0.2, 0.25) is 0 Å². The summed E-state index contributed by atoms with van der Waals surface area (Å²) in [5.41, 5.74) is 25.3. The van der Waals surface area contributed by atoms with Crippen LogP contribution >= 0.6 is 34.4 Å². The van der Waals surface area contributed by atoms with Gasteiger partial charge in [0.05, 0.1) is 11.7 Å². The Morgan fingerprint density at radius 3 is 0.891 bits per heavy atom. The highest BCUT2D eigenvalue weighted by Gasteiger charge is 2.50. The van der Waals surface area contributed by atoms with Crippen LogP contribution < -0.4 is 0 Å². The number of thiophene rings is 2. The first kappa shape index (κ1) is 76.7. The summed E-state index contributed by atoms with van der Waals surface area (Å²) in [6.45, 7) is 13.9.